The van der Waals surface area contributed by atoms with Crippen LogP contribution < -0.4 is 20.1 Å². The molecule has 1 fully saturated rings. The fraction of sp³-hybridized carbons (Fsp3) is 0.226. The predicted molar refractivity (Wildman–Crippen MR) is 159 cm³/mol. The first-order valence-electron chi connectivity index (χ1n) is 12.8. The van der Waals surface area contributed by atoms with Gasteiger partial charge in [-0.1, -0.05) is 57.4 Å². The van der Waals surface area contributed by atoms with Crippen molar-refractivity contribution >= 4 is 56.6 Å². The molecule has 204 valence electrons. The molecule has 1 spiro atoms. The van der Waals surface area contributed by atoms with Gasteiger partial charge in [-0.25, -0.2) is 0 Å². The highest BCUT2D eigenvalue weighted by atomic mass is 79.9. The van der Waals surface area contributed by atoms with Crippen molar-refractivity contribution in [3.63, 3.8) is 0 Å². The zero-order valence-corrected chi connectivity index (χ0v) is 24.5. The summed E-state index contributed by atoms with van der Waals surface area (Å²) in [6.45, 7) is 0. The maximum Gasteiger partial charge on any atom is 0.237 e. The van der Waals surface area contributed by atoms with E-state index in [1.165, 1.54) is 0 Å². The Hall–Kier alpha value is -3.26. The van der Waals surface area contributed by atoms with E-state index in [-0.39, 0.29) is 30.1 Å². The van der Waals surface area contributed by atoms with E-state index >= 15 is 0 Å². The number of amides is 2. The van der Waals surface area contributed by atoms with Gasteiger partial charge in [-0.2, -0.15) is 0 Å². The van der Waals surface area contributed by atoms with Crippen molar-refractivity contribution in [1.29, 1.82) is 0 Å². The highest BCUT2D eigenvalue weighted by molar-refractivity contribution is 9.10. The van der Waals surface area contributed by atoms with Gasteiger partial charge in [-0.05, 0) is 84.5 Å². The number of hydrogen-bond donors (Lipinski definition) is 2. The molecule has 9 heteroatoms. The molecule has 2 amide bonds. The summed E-state index contributed by atoms with van der Waals surface area (Å²) in [4.78, 5) is 27.7. The number of carbonyl (C=O) groups excluding carboxylic acids is 2. The fourth-order valence-electron chi connectivity index (χ4n) is 6.25. The summed E-state index contributed by atoms with van der Waals surface area (Å²) in [6, 6.07) is 17.5. The van der Waals surface area contributed by atoms with Gasteiger partial charge in [0.1, 0.15) is 22.7 Å². The Kier molecular flexibility index (Phi) is 7.15. The largest absolute Gasteiger partial charge is 0.497 e. The molecule has 2 heterocycles. The number of hydrogen-bond acceptors (Lipinski definition) is 4. The molecule has 1 unspecified atom stereocenters. The van der Waals surface area contributed by atoms with E-state index in [1.807, 2.05) is 66.8 Å². The van der Waals surface area contributed by atoms with Crippen LogP contribution in [0.25, 0.3) is 0 Å². The molecule has 2 N–H and O–H groups in total. The first-order valence-corrected chi connectivity index (χ1v) is 14.4. The molecule has 1 saturated heterocycles. The van der Waals surface area contributed by atoms with Crippen LogP contribution in [0.3, 0.4) is 0 Å². The molecule has 3 aromatic rings. The van der Waals surface area contributed by atoms with E-state index in [4.69, 9.17) is 32.7 Å². The Morgan fingerprint density at radius 3 is 2.50 bits per heavy atom. The molecule has 3 aromatic carbocycles. The van der Waals surface area contributed by atoms with E-state index in [0.717, 1.165) is 10.0 Å². The maximum atomic E-state index is 14.3. The van der Waals surface area contributed by atoms with E-state index in [2.05, 4.69) is 26.6 Å². The van der Waals surface area contributed by atoms with Crippen LogP contribution in [-0.4, -0.2) is 18.9 Å². The zero-order valence-electron chi connectivity index (χ0n) is 21.4. The van der Waals surface area contributed by atoms with Crippen molar-refractivity contribution in [2.75, 3.05) is 12.4 Å². The second-order valence-corrected chi connectivity index (χ2v) is 12.0. The minimum Gasteiger partial charge on any atom is -0.497 e. The summed E-state index contributed by atoms with van der Waals surface area (Å²) < 4.78 is 12.4. The number of halogens is 3. The van der Waals surface area contributed by atoms with Crippen molar-refractivity contribution in [2.45, 2.75) is 24.3 Å². The number of allylic oxidation sites excluding steroid dienone is 4. The number of carbonyl (C=O) groups is 2. The van der Waals surface area contributed by atoms with Gasteiger partial charge in [0, 0.05) is 32.2 Å². The highest BCUT2D eigenvalue weighted by Crippen LogP contribution is 2.58. The van der Waals surface area contributed by atoms with Gasteiger partial charge in [0.05, 0.1) is 13.2 Å². The van der Waals surface area contributed by atoms with Crippen LogP contribution in [0.15, 0.2) is 88.4 Å². The standard InChI is InChI=1S/C31H25BrCl2N2O4/c1-39-21-7-9-22(10-8-21)40-27-12-5-18(32)14-23(27)29-31(24-11-6-20(34)15-26(24)35-30(31)38)25(16-28(37)36-29)17-3-2-4-19(33)13-17/h2-12,14-15,17,25,29H,13,16H2,1H3,(H,35,38)(H,36,37)/t17?,25-,29+,31-/m0/s1. The number of nitrogens with one attached hydrogen (secondary N) is 2. The van der Waals surface area contributed by atoms with Gasteiger partial charge >= 0.3 is 0 Å². The lowest BCUT2D eigenvalue weighted by Crippen LogP contribution is -2.59. The number of rotatable bonds is 5. The number of fused-ring (bicyclic) bond motifs is 2. The number of anilines is 1. The molecule has 2 aliphatic heterocycles. The Balaban J connectivity index is 1.54. The van der Waals surface area contributed by atoms with Gasteiger partial charge in [-0.15, -0.1) is 0 Å². The van der Waals surface area contributed by atoms with Crippen molar-refractivity contribution in [1.82, 2.24) is 5.32 Å². The van der Waals surface area contributed by atoms with Crippen LogP contribution >= 0.6 is 39.1 Å². The summed E-state index contributed by atoms with van der Waals surface area (Å²) in [5.41, 5.74) is 0.933. The van der Waals surface area contributed by atoms with Crippen molar-refractivity contribution in [3.05, 3.63) is 105 Å². The Morgan fingerprint density at radius 1 is 0.975 bits per heavy atom. The van der Waals surface area contributed by atoms with E-state index in [0.29, 0.717) is 45.0 Å². The summed E-state index contributed by atoms with van der Waals surface area (Å²) in [5.74, 6) is 0.936. The van der Waals surface area contributed by atoms with E-state index < -0.39 is 11.5 Å². The third-order valence-electron chi connectivity index (χ3n) is 7.96. The minimum atomic E-state index is -1.16. The average Bonchev–Trinajstić information content (AvgIpc) is 3.22. The molecule has 40 heavy (non-hydrogen) atoms. The van der Waals surface area contributed by atoms with Crippen LogP contribution in [0.4, 0.5) is 5.69 Å². The Bertz CT molecular complexity index is 1570. The molecule has 6 nitrogen and oxygen atoms in total. The second-order valence-electron chi connectivity index (χ2n) is 10.2. The van der Waals surface area contributed by atoms with E-state index in [1.54, 1.807) is 19.2 Å². The number of benzene rings is 3. The van der Waals surface area contributed by atoms with Crippen LogP contribution in [0.1, 0.15) is 30.0 Å². The molecule has 1 aliphatic carbocycles. The molecule has 0 saturated carbocycles. The van der Waals surface area contributed by atoms with Gasteiger partial charge < -0.3 is 20.1 Å². The predicted octanol–water partition coefficient (Wildman–Crippen LogP) is 7.67. The molecule has 6 rings (SSSR count). The number of piperidine rings is 1. The smallest absolute Gasteiger partial charge is 0.237 e. The summed E-state index contributed by atoms with van der Waals surface area (Å²) in [7, 11) is 1.60. The third kappa shape index (κ3) is 4.60. The summed E-state index contributed by atoms with van der Waals surface area (Å²) in [5, 5.41) is 7.45. The SMILES string of the molecule is COc1ccc(Oc2ccc(Br)cc2[C@H]2NC(=O)C[C@@H](C3C=CC=C(Cl)C3)[C@]23C(=O)Nc2cc(Cl)ccc23)cc1. The topological polar surface area (TPSA) is 76.7 Å². The van der Waals surface area contributed by atoms with Crippen LogP contribution in [0.2, 0.25) is 5.02 Å². The lowest BCUT2D eigenvalue weighted by molar-refractivity contribution is -0.135. The normalized spacial score (nSPS) is 25.2. The lowest BCUT2D eigenvalue weighted by atomic mass is 9.57. The molecule has 0 aromatic heterocycles. The second kappa shape index (κ2) is 10.6. The summed E-state index contributed by atoms with van der Waals surface area (Å²) in [6.07, 6.45) is 6.49. The minimum absolute atomic E-state index is 0.142. The van der Waals surface area contributed by atoms with Gasteiger partial charge in [0.2, 0.25) is 11.8 Å². The molecular weight excluding hydrogens is 615 g/mol. The molecule has 0 radical (unpaired) electrons. The monoisotopic (exact) mass is 638 g/mol. The Morgan fingerprint density at radius 2 is 1.75 bits per heavy atom. The fourth-order valence-corrected chi connectivity index (χ4v) is 7.05. The molecular formula is C31H25BrCl2N2O4. The van der Waals surface area contributed by atoms with Crippen LogP contribution in [0.5, 0.6) is 17.2 Å². The number of ether oxygens (including phenoxy) is 2. The number of methoxy groups -OCH3 is 1. The molecule has 4 atom stereocenters. The van der Waals surface area contributed by atoms with Crippen LogP contribution in [0, 0.1) is 11.8 Å². The third-order valence-corrected chi connectivity index (χ3v) is 8.96. The first kappa shape index (κ1) is 26.9. The van der Waals surface area contributed by atoms with Gasteiger partial charge in [0.15, 0.2) is 0 Å². The summed E-state index contributed by atoms with van der Waals surface area (Å²) >= 11 is 16.4. The van der Waals surface area contributed by atoms with Crippen LogP contribution in [-0.2, 0) is 15.0 Å². The highest BCUT2D eigenvalue weighted by Gasteiger charge is 2.62. The van der Waals surface area contributed by atoms with E-state index in [9.17, 15) is 9.59 Å². The Labute approximate surface area is 250 Å². The average molecular weight is 640 g/mol. The van der Waals surface area contributed by atoms with Crippen molar-refractivity contribution < 1.29 is 19.1 Å². The maximum absolute atomic E-state index is 14.3. The zero-order chi connectivity index (χ0) is 28.0. The van der Waals surface area contributed by atoms with Gasteiger partial charge in [0.25, 0.3) is 0 Å². The van der Waals surface area contributed by atoms with Gasteiger partial charge in [-0.3, -0.25) is 9.59 Å². The quantitative estimate of drug-likeness (QED) is 0.300. The van der Waals surface area contributed by atoms with Crippen molar-refractivity contribution in [3.8, 4) is 17.2 Å². The first-order chi connectivity index (χ1) is 19.3. The lowest BCUT2D eigenvalue weighted by Gasteiger charge is -2.49. The van der Waals surface area contributed by atoms with Crippen molar-refractivity contribution in [2.24, 2.45) is 11.8 Å². The molecule has 3 aliphatic rings. The molecule has 0 bridgehead atoms.